The molecule has 2 atom stereocenters. The number of aliphatic hydroxyl groups is 1. The minimum atomic E-state index is -0.594. The van der Waals surface area contributed by atoms with Crippen LogP contribution in [0.5, 0.6) is 0 Å². The van der Waals surface area contributed by atoms with Gasteiger partial charge in [-0.3, -0.25) is 4.79 Å². The molecule has 116 valence electrons. The summed E-state index contributed by atoms with van der Waals surface area (Å²) in [7, 11) is 0. The van der Waals surface area contributed by atoms with Crippen molar-refractivity contribution in [3.05, 3.63) is 53.2 Å². The average Bonchev–Trinajstić information content (AvgIpc) is 3.13. The summed E-state index contributed by atoms with van der Waals surface area (Å²) in [6.07, 6.45) is 1.82. The van der Waals surface area contributed by atoms with Gasteiger partial charge in [0.2, 0.25) is 0 Å². The fourth-order valence-electron chi connectivity index (χ4n) is 2.89. The van der Waals surface area contributed by atoms with Crippen molar-refractivity contribution in [3.8, 4) is 0 Å². The lowest BCUT2D eigenvalue weighted by molar-refractivity contribution is 0.0713. The van der Waals surface area contributed by atoms with Crippen LogP contribution in [0.1, 0.15) is 41.1 Å². The first-order valence-corrected chi connectivity index (χ1v) is 7.28. The summed E-state index contributed by atoms with van der Waals surface area (Å²) in [5.41, 5.74) is 1.23. The Morgan fingerprint density at radius 1 is 1.45 bits per heavy atom. The highest BCUT2D eigenvalue weighted by atomic mass is 19.1. The Hall–Kier alpha value is -2.21. The van der Waals surface area contributed by atoms with Gasteiger partial charge in [0.1, 0.15) is 17.1 Å². The van der Waals surface area contributed by atoms with Crippen LogP contribution in [-0.2, 0) is 6.42 Å². The maximum absolute atomic E-state index is 13.1. The van der Waals surface area contributed by atoms with Crippen molar-refractivity contribution in [2.75, 3.05) is 6.54 Å². The Bertz CT molecular complexity index is 668. The zero-order valence-electron chi connectivity index (χ0n) is 12.2. The van der Waals surface area contributed by atoms with Gasteiger partial charge in [0.15, 0.2) is 0 Å². The van der Waals surface area contributed by atoms with Crippen LogP contribution in [0.15, 0.2) is 35.0 Å². The second-order valence-electron chi connectivity index (χ2n) is 5.43. The molecule has 1 saturated heterocycles. The molecule has 0 bridgehead atoms. The number of carbonyl (C=O) groups is 1. The van der Waals surface area contributed by atoms with E-state index in [-0.39, 0.29) is 24.3 Å². The number of aromatic nitrogens is 1. The molecule has 3 rings (SSSR count). The van der Waals surface area contributed by atoms with Crippen LogP contribution < -0.4 is 0 Å². The van der Waals surface area contributed by atoms with Gasteiger partial charge in [-0.15, -0.1) is 0 Å². The van der Waals surface area contributed by atoms with E-state index in [9.17, 15) is 14.3 Å². The molecule has 1 aromatic heterocycles. The molecular formula is C16H17FN2O3. The van der Waals surface area contributed by atoms with Gasteiger partial charge in [0.25, 0.3) is 5.91 Å². The number of benzene rings is 1. The van der Waals surface area contributed by atoms with Gasteiger partial charge in [0, 0.05) is 13.0 Å². The Kier molecular flexibility index (Phi) is 3.94. The van der Waals surface area contributed by atoms with Crippen molar-refractivity contribution < 1.29 is 18.8 Å². The number of nitrogens with zero attached hydrogens (tertiary/aromatic N) is 2. The SMILES string of the molecule is CCc1oncc1C(=O)N1C[C@H](O)C[C@H]1c1ccc(F)cc1. The lowest BCUT2D eigenvalue weighted by atomic mass is 10.0. The van der Waals surface area contributed by atoms with Crippen LogP contribution in [0.3, 0.4) is 0 Å². The predicted molar refractivity (Wildman–Crippen MR) is 76.7 cm³/mol. The summed E-state index contributed by atoms with van der Waals surface area (Å²) in [5, 5.41) is 13.6. The molecule has 0 saturated carbocycles. The molecule has 6 heteroatoms. The number of halogens is 1. The second kappa shape index (κ2) is 5.88. The summed E-state index contributed by atoms with van der Waals surface area (Å²) < 4.78 is 18.1. The van der Waals surface area contributed by atoms with Gasteiger partial charge in [0.05, 0.1) is 18.3 Å². The molecule has 1 aliphatic rings. The van der Waals surface area contributed by atoms with Gasteiger partial charge in [-0.25, -0.2) is 4.39 Å². The third-order valence-electron chi connectivity index (χ3n) is 3.99. The number of β-amino-alcohol motifs (C(OH)–C–C–N with tert-alkyl or cyclic N) is 1. The Morgan fingerprint density at radius 3 is 2.86 bits per heavy atom. The number of carbonyl (C=O) groups excluding carboxylic acids is 1. The highest BCUT2D eigenvalue weighted by molar-refractivity contribution is 5.95. The van der Waals surface area contributed by atoms with Crippen LogP contribution in [0, 0.1) is 5.82 Å². The lowest BCUT2D eigenvalue weighted by Gasteiger charge is -2.24. The minimum absolute atomic E-state index is 0.219. The van der Waals surface area contributed by atoms with E-state index >= 15 is 0 Å². The summed E-state index contributed by atoms with van der Waals surface area (Å²) in [5.74, 6) is -0.0132. The molecule has 1 fully saturated rings. The third-order valence-corrected chi connectivity index (χ3v) is 3.99. The zero-order chi connectivity index (χ0) is 15.7. The van der Waals surface area contributed by atoms with E-state index in [1.54, 1.807) is 17.0 Å². The first kappa shape index (κ1) is 14.7. The first-order chi connectivity index (χ1) is 10.6. The van der Waals surface area contributed by atoms with Crippen molar-refractivity contribution >= 4 is 5.91 Å². The molecule has 0 radical (unpaired) electrons. The monoisotopic (exact) mass is 304 g/mol. The number of aliphatic hydroxyl groups excluding tert-OH is 1. The molecule has 2 aromatic rings. The molecule has 0 spiro atoms. The number of hydrogen-bond acceptors (Lipinski definition) is 4. The molecule has 2 heterocycles. The average molecular weight is 304 g/mol. The Labute approximate surface area is 127 Å². The van der Waals surface area contributed by atoms with Crippen molar-refractivity contribution in [1.82, 2.24) is 10.1 Å². The Morgan fingerprint density at radius 2 is 2.18 bits per heavy atom. The number of amides is 1. The van der Waals surface area contributed by atoms with E-state index in [0.29, 0.717) is 24.2 Å². The van der Waals surface area contributed by atoms with Crippen LogP contribution in [0.2, 0.25) is 0 Å². The van der Waals surface area contributed by atoms with Gasteiger partial charge in [-0.2, -0.15) is 0 Å². The molecule has 0 aliphatic carbocycles. The Balaban J connectivity index is 1.90. The first-order valence-electron chi connectivity index (χ1n) is 7.28. The van der Waals surface area contributed by atoms with Crippen LogP contribution >= 0.6 is 0 Å². The molecule has 5 nitrogen and oxygen atoms in total. The molecule has 0 unspecified atom stereocenters. The summed E-state index contributed by atoms with van der Waals surface area (Å²) in [4.78, 5) is 14.3. The predicted octanol–water partition coefficient (Wildman–Crippen LogP) is 2.32. The lowest BCUT2D eigenvalue weighted by Crippen LogP contribution is -2.32. The summed E-state index contributed by atoms with van der Waals surface area (Å²) in [6, 6.07) is 5.74. The number of aryl methyl sites for hydroxylation is 1. The minimum Gasteiger partial charge on any atom is -0.391 e. The molecule has 1 aliphatic heterocycles. The van der Waals surface area contributed by atoms with Crippen molar-refractivity contribution in [1.29, 1.82) is 0 Å². The van der Waals surface area contributed by atoms with E-state index < -0.39 is 6.10 Å². The van der Waals surface area contributed by atoms with E-state index in [1.807, 2.05) is 6.92 Å². The number of likely N-dealkylation sites (tertiary alicyclic amines) is 1. The van der Waals surface area contributed by atoms with Crippen LogP contribution in [-0.4, -0.2) is 33.7 Å². The molecule has 1 N–H and O–H groups in total. The highest BCUT2D eigenvalue weighted by Crippen LogP contribution is 2.34. The van der Waals surface area contributed by atoms with E-state index in [0.717, 1.165) is 5.56 Å². The maximum atomic E-state index is 13.1. The molecule has 22 heavy (non-hydrogen) atoms. The fourth-order valence-corrected chi connectivity index (χ4v) is 2.89. The second-order valence-corrected chi connectivity index (χ2v) is 5.43. The summed E-state index contributed by atoms with van der Waals surface area (Å²) >= 11 is 0. The smallest absolute Gasteiger partial charge is 0.259 e. The maximum Gasteiger partial charge on any atom is 0.259 e. The number of hydrogen-bond donors (Lipinski definition) is 1. The fraction of sp³-hybridized carbons (Fsp3) is 0.375. The van der Waals surface area contributed by atoms with Crippen LogP contribution in [0.4, 0.5) is 4.39 Å². The zero-order valence-corrected chi connectivity index (χ0v) is 12.2. The van der Waals surface area contributed by atoms with Crippen molar-refractivity contribution in [2.45, 2.75) is 31.9 Å². The highest BCUT2D eigenvalue weighted by Gasteiger charge is 2.37. The molecule has 1 amide bonds. The van der Waals surface area contributed by atoms with E-state index in [2.05, 4.69) is 5.16 Å². The quantitative estimate of drug-likeness (QED) is 0.945. The molecular weight excluding hydrogens is 287 g/mol. The van der Waals surface area contributed by atoms with E-state index in [1.165, 1.54) is 18.3 Å². The van der Waals surface area contributed by atoms with Gasteiger partial charge >= 0.3 is 0 Å². The standard InChI is InChI=1S/C16H17FN2O3/c1-2-15-13(8-18-22-15)16(21)19-9-12(20)7-14(19)10-3-5-11(17)6-4-10/h3-6,8,12,14,20H,2,7,9H2,1H3/t12-,14+/m1/s1. The normalized spacial score (nSPS) is 21.3. The molecule has 1 aromatic carbocycles. The largest absolute Gasteiger partial charge is 0.391 e. The summed E-state index contributed by atoms with van der Waals surface area (Å²) in [6.45, 7) is 2.13. The number of rotatable bonds is 3. The van der Waals surface area contributed by atoms with Gasteiger partial charge < -0.3 is 14.5 Å². The van der Waals surface area contributed by atoms with Crippen molar-refractivity contribution in [3.63, 3.8) is 0 Å². The third kappa shape index (κ3) is 2.62. The van der Waals surface area contributed by atoms with Crippen molar-refractivity contribution in [2.24, 2.45) is 0 Å². The van der Waals surface area contributed by atoms with Crippen LogP contribution in [0.25, 0.3) is 0 Å². The van der Waals surface area contributed by atoms with E-state index in [4.69, 9.17) is 4.52 Å². The van der Waals surface area contributed by atoms with Gasteiger partial charge in [-0.05, 0) is 24.1 Å². The van der Waals surface area contributed by atoms with Gasteiger partial charge in [-0.1, -0.05) is 24.2 Å². The topological polar surface area (TPSA) is 66.6 Å².